The summed E-state index contributed by atoms with van der Waals surface area (Å²) in [5.74, 6) is -0.106. The molecule has 1 aliphatic heterocycles. The number of hydrogen-bond acceptors (Lipinski definition) is 9. The van der Waals surface area contributed by atoms with Crippen LogP contribution in [0.4, 0.5) is 27.4 Å². The molecule has 3 heterocycles. The Balaban J connectivity index is 1.51. The molecule has 10 nitrogen and oxygen atoms in total. The molecule has 11 heteroatoms. The lowest BCUT2D eigenvalue weighted by molar-refractivity contribution is 0.122. The Morgan fingerprint density at radius 3 is 2.74 bits per heavy atom. The van der Waals surface area contributed by atoms with Crippen LogP contribution < -0.4 is 15.5 Å². The highest BCUT2D eigenvalue weighted by Crippen LogP contribution is 2.34. The Bertz CT molecular complexity index is 1370. The molecule has 1 atom stereocenters. The minimum atomic E-state index is -0.986. The number of aromatic hydroxyl groups is 1. The fourth-order valence-electron chi connectivity index (χ4n) is 3.91. The number of aromatic nitrogens is 4. The molecule has 0 spiro atoms. The number of aromatic amines is 1. The van der Waals surface area contributed by atoms with Gasteiger partial charge in [-0.1, -0.05) is 6.58 Å². The number of phenols is 1. The summed E-state index contributed by atoms with van der Waals surface area (Å²) >= 11 is 0. The smallest absolute Gasteiger partial charge is 0.229 e. The van der Waals surface area contributed by atoms with Gasteiger partial charge in [0.1, 0.15) is 17.8 Å². The fourth-order valence-corrected chi connectivity index (χ4v) is 3.91. The molecule has 2 aromatic carbocycles. The monoisotopic (exact) mass is 477 g/mol. The number of morpholine rings is 1. The van der Waals surface area contributed by atoms with Crippen molar-refractivity contribution in [1.82, 2.24) is 20.2 Å². The summed E-state index contributed by atoms with van der Waals surface area (Å²) in [4.78, 5) is 11.1. The Labute approximate surface area is 200 Å². The van der Waals surface area contributed by atoms with Crippen LogP contribution in [0, 0.1) is 5.82 Å². The van der Waals surface area contributed by atoms with Crippen molar-refractivity contribution in [1.29, 1.82) is 0 Å². The van der Waals surface area contributed by atoms with Gasteiger partial charge in [0.2, 0.25) is 5.95 Å². The van der Waals surface area contributed by atoms with Gasteiger partial charge in [0.15, 0.2) is 5.65 Å². The van der Waals surface area contributed by atoms with E-state index in [2.05, 4.69) is 37.4 Å². The summed E-state index contributed by atoms with van der Waals surface area (Å²) in [5, 5.41) is 33.5. The summed E-state index contributed by atoms with van der Waals surface area (Å²) in [5.41, 5.74) is 2.78. The van der Waals surface area contributed by atoms with Crippen molar-refractivity contribution >= 4 is 34.0 Å². The molecule has 0 radical (unpaired) electrons. The van der Waals surface area contributed by atoms with E-state index in [1.54, 1.807) is 18.2 Å². The van der Waals surface area contributed by atoms with E-state index in [1.165, 1.54) is 24.4 Å². The number of fused-ring (bicyclic) bond motifs is 1. The molecular formula is C24H24FN7O3. The van der Waals surface area contributed by atoms with Gasteiger partial charge in [-0.05, 0) is 42.5 Å². The highest BCUT2D eigenvalue weighted by Gasteiger charge is 2.18. The zero-order valence-corrected chi connectivity index (χ0v) is 18.7. The van der Waals surface area contributed by atoms with Crippen LogP contribution >= 0.6 is 0 Å². The van der Waals surface area contributed by atoms with Crippen molar-refractivity contribution < 1.29 is 19.3 Å². The Morgan fingerprint density at radius 1 is 1.14 bits per heavy atom. The maximum atomic E-state index is 14.9. The minimum Gasteiger partial charge on any atom is -0.506 e. The van der Waals surface area contributed by atoms with E-state index in [-0.39, 0.29) is 17.3 Å². The van der Waals surface area contributed by atoms with Gasteiger partial charge in [-0.25, -0.2) is 9.37 Å². The van der Waals surface area contributed by atoms with E-state index in [4.69, 9.17) is 4.74 Å². The Morgan fingerprint density at radius 2 is 1.94 bits per heavy atom. The predicted octanol–water partition coefficient (Wildman–Crippen LogP) is 3.36. The molecule has 1 saturated heterocycles. The molecule has 1 fully saturated rings. The van der Waals surface area contributed by atoms with E-state index in [1.807, 2.05) is 11.0 Å². The highest BCUT2D eigenvalue weighted by molar-refractivity contribution is 5.91. The first kappa shape index (κ1) is 22.6. The molecule has 1 aliphatic rings. The summed E-state index contributed by atoms with van der Waals surface area (Å²) in [7, 11) is 0. The van der Waals surface area contributed by atoms with Gasteiger partial charge in [0.25, 0.3) is 0 Å². The summed E-state index contributed by atoms with van der Waals surface area (Å²) in [6, 6.07) is 9.48. The largest absolute Gasteiger partial charge is 0.506 e. The molecular weight excluding hydrogens is 453 g/mol. The molecule has 1 unspecified atom stereocenters. The molecule has 5 N–H and O–H groups in total. The van der Waals surface area contributed by atoms with Crippen LogP contribution in [0.3, 0.4) is 0 Å². The number of aliphatic hydroxyl groups excluding tert-OH is 1. The number of anilines is 4. The minimum absolute atomic E-state index is 0.163. The lowest BCUT2D eigenvalue weighted by Crippen LogP contribution is -2.36. The van der Waals surface area contributed by atoms with Gasteiger partial charge in [-0.3, -0.25) is 5.10 Å². The third-order valence-corrected chi connectivity index (χ3v) is 5.65. The molecule has 2 aromatic heterocycles. The molecule has 0 bridgehead atoms. The lowest BCUT2D eigenvalue weighted by Gasteiger charge is -2.29. The molecule has 0 aliphatic carbocycles. The second kappa shape index (κ2) is 9.57. The van der Waals surface area contributed by atoms with E-state index in [9.17, 15) is 14.6 Å². The Hall–Kier alpha value is -4.22. The topological polar surface area (TPSA) is 131 Å². The second-order valence-corrected chi connectivity index (χ2v) is 7.98. The van der Waals surface area contributed by atoms with Gasteiger partial charge in [-0.2, -0.15) is 10.1 Å². The van der Waals surface area contributed by atoms with Crippen LogP contribution in [-0.2, 0) is 4.74 Å². The van der Waals surface area contributed by atoms with Crippen molar-refractivity contribution in [3.8, 4) is 17.0 Å². The zero-order chi connectivity index (χ0) is 24.4. The molecule has 0 saturated carbocycles. The first-order chi connectivity index (χ1) is 17.0. The molecule has 35 heavy (non-hydrogen) atoms. The first-order valence-corrected chi connectivity index (χ1v) is 11.0. The van der Waals surface area contributed by atoms with Crippen molar-refractivity contribution in [2.75, 3.05) is 41.8 Å². The van der Waals surface area contributed by atoms with Gasteiger partial charge < -0.3 is 30.5 Å². The van der Waals surface area contributed by atoms with E-state index >= 15 is 0 Å². The number of nitrogens with one attached hydrogen (secondary N) is 3. The predicted molar refractivity (Wildman–Crippen MR) is 131 cm³/mol. The third kappa shape index (κ3) is 4.72. The number of halogens is 1. The van der Waals surface area contributed by atoms with Gasteiger partial charge in [0.05, 0.1) is 36.2 Å². The number of ether oxygens (including phenoxy) is 1. The highest BCUT2D eigenvalue weighted by atomic mass is 19.1. The average Bonchev–Trinajstić information content (AvgIpc) is 3.35. The van der Waals surface area contributed by atoms with Crippen LogP contribution in [0.15, 0.2) is 55.3 Å². The molecule has 4 aromatic rings. The van der Waals surface area contributed by atoms with Crippen LogP contribution in [0.25, 0.3) is 22.3 Å². The normalized spacial score (nSPS) is 14.6. The van der Waals surface area contributed by atoms with Gasteiger partial charge >= 0.3 is 0 Å². The van der Waals surface area contributed by atoms with Crippen LogP contribution in [0.2, 0.25) is 0 Å². The molecule has 180 valence electrons. The summed E-state index contributed by atoms with van der Waals surface area (Å²) in [6.45, 7) is 6.04. The number of H-pyrrole nitrogens is 1. The molecule has 0 amide bonds. The first-order valence-electron chi connectivity index (χ1n) is 11.0. The number of benzene rings is 2. The maximum absolute atomic E-state index is 14.9. The summed E-state index contributed by atoms with van der Waals surface area (Å²) < 4.78 is 20.3. The summed E-state index contributed by atoms with van der Waals surface area (Å²) in [6.07, 6.45) is 1.87. The van der Waals surface area contributed by atoms with E-state index < -0.39 is 12.0 Å². The van der Waals surface area contributed by atoms with Crippen LogP contribution in [0.5, 0.6) is 5.75 Å². The number of rotatable bonds is 7. The maximum Gasteiger partial charge on any atom is 0.229 e. The van der Waals surface area contributed by atoms with Gasteiger partial charge in [0, 0.05) is 30.0 Å². The van der Waals surface area contributed by atoms with Crippen molar-refractivity contribution in [2.45, 2.75) is 6.23 Å². The quantitative estimate of drug-likeness (QED) is 0.154. The van der Waals surface area contributed by atoms with Crippen molar-refractivity contribution in [2.24, 2.45) is 0 Å². The number of hydrogen-bond donors (Lipinski definition) is 5. The number of nitrogens with zero attached hydrogens (tertiary/aromatic N) is 4. The Kier molecular flexibility index (Phi) is 6.17. The standard InChI is InChI=1S/C24H24FN7O3/c1-2-21(34)27-14-3-5-18(25)16(11-14)22-17-13-26-31-23(17)30-24(29-22)28-15-4-6-20(33)19(12-15)32-7-9-35-10-8-32/h2-6,11-13,21,27,33-34H,1,7-10H2,(H2,26,28,29,30,31). The van der Waals surface area contributed by atoms with Crippen molar-refractivity contribution in [3.05, 3.63) is 61.1 Å². The van der Waals surface area contributed by atoms with Crippen LogP contribution in [-0.4, -0.2) is 62.9 Å². The SMILES string of the molecule is C=CC(O)Nc1ccc(F)c(-c2nc(Nc3ccc(O)c(N4CCOCC4)c3)nc3[nH]ncc23)c1. The van der Waals surface area contributed by atoms with E-state index in [0.29, 0.717) is 60.1 Å². The fraction of sp³-hybridized carbons (Fsp3) is 0.208. The lowest BCUT2D eigenvalue weighted by atomic mass is 10.1. The molecule has 5 rings (SSSR count). The van der Waals surface area contributed by atoms with Crippen LogP contribution in [0.1, 0.15) is 0 Å². The average molecular weight is 478 g/mol. The van der Waals surface area contributed by atoms with E-state index in [0.717, 1.165) is 0 Å². The number of aliphatic hydroxyl groups is 1. The zero-order valence-electron chi connectivity index (χ0n) is 18.7. The third-order valence-electron chi connectivity index (χ3n) is 5.65. The van der Waals surface area contributed by atoms with Gasteiger partial charge in [-0.15, -0.1) is 0 Å². The second-order valence-electron chi connectivity index (χ2n) is 7.98. The van der Waals surface area contributed by atoms with Crippen molar-refractivity contribution in [3.63, 3.8) is 0 Å². The number of phenolic OH excluding ortho intramolecular Hbond substituents is 1.